The minimum absolute atomic E-state index is 0.0145. The molecular formula is C22H27F6N3O2. The Bertz CT molecular complexity index is 830. The van der Waals surface area contributed by atoms with Crippen LogP contribution in [-0.2, 0) is 21.9 Å². The second-order valence-electron chi connectivity index (χ2n) is 8.87. The molecule has 2 fully saturated rings. The van der Waals surface area contributed by atoms with Crippen molar-refractivity contribution in [3.63, 3.8) is 0 Å². The molecular weight excluding hydrogens is 452 g/mol. The van der Waals surface area contributed by atoms with Crippen molar-refractivity contribution in [2.75, 3.05) is 18.4 Å². The van der Waals surface area contributed by atoms with E-state index in [0.717, 1.165) is 25.7 Å². The van der Waals surface area contributed by atoms with Crippen LogP contribution in [0.2, 0.25) is 0 Å². The maximum atomic E-state index is 13.0. The van der Waals surface area contributed by atoms with Gasteiger partial charge in [-0.15, -0.1) is 0 Å². The van der Waals surface area contributed by atoms with Gasteiger partial charge in [0.2, 0.25) is 11.8 Å². The van der Waals surface area contributed by atoms with E-state index < -0.39 is 35.1 Å². The number of amides is 2. The summed E-state index contributed by atoms with van der Waals surface area (Å²) >= 11 is 0. The molecule has 5 nitrogen and oxygen atoms in total. The Kier molecular flexibility index (Phi) is 7.60. The van der Waals surface area contributed by atoms with Crippen LogP contribution in [0.1, 0.15) is 56.1 Å². The normalized spacial score (nSPS) is 22.8. The number of nitrogens with one attached hydrogen (secondary N) is 1. The minimum atomic E-state index is -4.99. The molecule has 0 unspecified atom stereocenters. The predicted octanol–water partition coefficient (Wildman–Crippen LogP) is 4.81. The summed E-state index contributed by atoms with van der Waals surface area (Å²) in [7, 11) is 0. The van der Waals surface area contributed by atoms with E-state index in [1.165, 1.54) is 0 Å². The first kappa shape index (κ1) is 25.3. The first-order valence-electron chi connectivity index (χ1n) is 11.0. The third-order valence-electron chi connectivity index (χ3n) is 6.41. The molecule has 1 aliphatic carbocycles. The third kappa shape index (κ3) is 6.61. The highest BCUT2D eigenvalue weighted by molar-refractivity contribution is 5.91. The van der Waals surface area contributed by atoms with Gasteiger partial charge in [-0.05, 0) is 49.8 Å². The SMILES string of the molecule is N[C@H]1CCCC[C@@H]1C(=O)N1CCC(CC(=O)Nc2cc(C(F)(F)F)cc(C(F)(F)F)c2)CC1. The fourth-order valence-corrected chi connectivity index (χ4v) is 4.56. The number of hydrogen-bond donors (Lipinski definition) is 2. The lowest BCUT2D eigenvalue weighted by atomic mass is 9.83. The van der Waals surface area contributed by atoms with E-state index in [1.807, 2.05) is 0 Å². The summed E-state index contributed by atoms with van der Waals surface area (Å²) in [6.45, 7) is 0.892. The maximum absolute atomic E-state index is 13.0. The van der Waals surface area contributed by atoms with Gasteiger partial charge in [-0.3, -0.25) is 9.59 Å². The van der Waals surface area contributed by atoms with Crippen LogP contribution in [0.15, 0.2) is 18.2 Å². The molecule has 184 valence electrons. The second-order valence-corrected chi connectivity index (χ2v) is 8.87. The van der Waals surface area contributed by atoms with Gasteiger partial charge < -0.3 is 16.0 Å². The molecule has 1 heterocycles. The molecule has 2 amide bonds. The van der Waals surface area contributed by atoms with E-state index in [0.29, 0.717) is 38.1 Å². The van der Waals surface area contributed by atoms with Gasteiger partial charge in [0.15, 0.2) is 0 Å². The highest BCUT2D eigenvalue weighted by Crippen LogP contribution is 2.37. The number of rotatable bonds is 4. The maximum Gasteiger partial charge on any atom is 0.416 e. The monoisotopic (exact) mass is 479 g/mol. The van der Waals surface area contributed by atoms with Crippen molar-refractivity contribution in [1.82, 2.24) is 4.90 Å². The fourth-order valence-electron chi connectivity index (χ4n) is 4.56. The molecule has 11 heteroatoms. The van der Waals surface area contributed by atoms with Gasteiger partial charge in [0.1, 0.15) is 0 Å². The number of alkyl halides is 6. The summed E-state index contributed by atoms with van der Waals surface area (Å²) in [6.07, 6.45) is -5.41. The number of likely N-dealkylation sites (tertiary alicyclic amines) is 1. The number of benzene rings is 1. The van der Waals surface area contributed by atoms with E-state index in [-0.39, 0.29) is 36.3 Å². The van der Waals surface area contributed by atoms with Crippen molar-refractivity contribution in [2.45, 2.75) is 63.3 Å². The third-order valence-corrected chi connectivity index (χ3v) is 6.41. The van der Waals surface area contributed by atoms with Gasteiger partial charge in [-0.2, -0.15) is 26.3 Å². The molecule has 1 aromatic rings. The zero-order valence-electron chi connectivity index (χ0n) is 17.9. The first-order valence-corrected chi connectivity index (χ1v) is 11.0. The highest BCUT2D eigenvalue weighted by atomic mass is 19.4. The summed E-state index contributed by atoms with van der Waals surface area (Å²) in [5.41, 5.74) is 2.56. The minimum Gasteiger partial charge on any atom is -0.342 e. The summed E-state index contributed by atoms with van der Waals surface area (Å²) in [6, 6.07) is 0.841. The number of hydrogen-bond acceptors (Lipinski definition) is 3. The molecule has 3 N–H and O–H groups in total. The fraction of sp³-hybridized carbons (Fsp3) is 0.636. The van der Waals surface area contributed by atoms with Crippen LogP contribution in [0.4, 0.5) is 32.0 Å². The lowest BCUT2D eigenvalue weighted by Crippen LogP contribution is -2.48. The van der Waals surface area contributed by atoms with Gasteiger partial charge in [-0.1, -0.05) is 12.8 Å². The number of nitrogens with two attached hydrogens (primary N) is 1. The molecule has 1 aromatic carbocycles. The Labute approximate surface area is 187 Å². The average molecular weight is 479 g/mol. The molecule has 3 rings (SSSR count). The van der Waals surface area contributed by atoms with Gasteiger partial charge in [-0.25, -0.2) is 0 Å². The van der Waals surface area contributed by atoms with Crippen LogP contribution in [0, 0.1) is 11.8 Å². The number of nitrogens with zero attached hydrogens (tertiary/aromatic N) is 1. The number of halogens is 6. The zero-order chi connectivity index (χ0) is 24.4. The van der Waals surface area contributed by atoms with Gasteiger partial charge >= 0.3 is 12.4 Å². The Morgan fingerprint density at radius 1 is 0.909 bits per heavy atom. The summed E-state index contributed by atoms with van der Waals surface area (Å²) < 4.78 is 77.9. The number of carbonyl (C=O) groups excluding carboxylic acids is 2. The molecule has 0 aromatic heterocycles. The lowest BCUT2D eigenvalue weighted by molar-refractivity contribution is -0.143. The van der Waals surface area contributed by atoms with E-state index in [4.69, 9.17) is 5.73 Å². The Balaban J connectivity index is 1.57. The zero-order valence-corrected chi connectivity index (χ0v) is 17.9. The van der Waals surface area contributed by atoms with Crippen molar-refractivity contribution < 1.29 is 35.9 Å². The van der Waals surface area contributed by atoms with Crippen LogP contribution < -0.4 is 11.1 Å². The molecule has 2 aliphatic rings. The standard InChI is InChI=1S/C22H27F6N3O2/c23-21(24,25)14-10-15(22(26,27)28)12-16(11-14)30-19(32)9-13-5-7-31(8-6-13)20(33)17-3-1-2-4-18(17)29/h10-13,17-18H,1-9,29H2,(H,30,32)/t17-,18-/m0/s1. The summed E-state index contributed by atoms with van der Waals surface area (Å²) in [5.74, 6) is -0.959. The molecule has 0 bridgehead atoms. The lowest BCUT2D eigenvalue weighted by Gasteiger charge is -2.37. The molecule has 0 radical (unpaired) electrons. The van der Waals surface area contributed by atoms with Crippen LogP contribution in [0.25, 0.3) is 0 Å². The van der Waals surface area contributed by atoms with Crippen LogP contribution in [-0.4, -0.2) is 35.8 Å². The van der Waals surface area contributed by atoms with Crippen molar-refractivity contribution in [1.29, 1.82) is 0 Å². The number of carbonyl (C=O) groups is 2. The predicted molar refractivity (Wildman–Crippen MR) is 109 cm³/mol. The van der Waals surface area contributed by atoms with Gasteiger partial charge in [0.05, 0.1) is 17.0 Å². The van der Waals surface area contributed by atoms with Crippen LogP contribution >= 0.6 is 0 Å². The topological polar surface area (TPSA) is 75.4 Å². The second kappa shape index (κ2) is 9.90. The average Bonchev–Trinajstić information content (AvgIpc) is 2.72. The first-order chi connectivity index (χ1) is 15.3. The van der Waals surface area contributed by atoms with Crippen molar-refractivity contribution >= 4 is 17.5 Å². The number of piperidine rings is 1. The van der Waals surface area contributed by atoms with E-state index in [2.05, 4.69) is 5.32 Å². The highest BCUT2D eigenvalue weighted by Gasteiger charge is 2.37. The van der Waals surface area contributed by atoms with Gasteiger partial charge in [0.25, 0.3) is 0 Å². The summed E-state index contributed by atoms with van der Waals surface area (Å²) in [4.78, 5) is 26.8. The van der Waals surface area contributed by atoms with E-state index in [1.54, 1.807) is 4.90 Å². The molecule has 1 saturated carbocycles. The summed E-state index contributed by atoms with van der Waals surface area (Å²) in [5, 5.41) is 2.17. The van der Waals surface area contributed by atoms with Crippen LogP contribution in [0.3, 0.4) is 0 Å². The van der Waals surface area contributed by atoms with Gasteiger partial charge in [0, 0.05) is 31.2 Å². The Hall–Kier alpha value is -2.30. The molecule has 33 heavy (non-hydrogen) atoms. The van der Waals surface area contributed by atoms with Crippen molar-refractivity contribution in [3.8, 4) is 0 Å². The quantitative estimate of drug-likeness (QED) is 0.609. The van der Waals surface area contributed by atoms with Crippen LogP contribution in [0.5, 0.6) is 0 Å². The smallest absolute Gasteiger partial charge is 0.342 e. The Morgan fingerprint density at radius 3 is 1.97 bits per heavy atom. The van der Waals surface area contributed by atoms with E-state index >= 15 is 0 Å². The molecule has 1 saturated heterocycles. The Morgan fingerprint density at radius 2 is 1.45 bits per heavy atom. The van der Waals surface area contributed by atoms with Crippen molar-refractivity contribution in [3.05, 3.63) is 29.3 Å². The molecule has 2 atom stereocenters. The van der Waals surface area contributed by atoms with Crippen molar-refractivity contribution in [2.24, 2.45) is 17.6 Å². The number of anilines is 1. The molecule has 0 spiro atoms. The molecule has 1 aliphatic heterocycles. The largest absolute Gasteiger partial charge is 0.416 e. The van der Waals surface area contributed by atoms with E-state index in [9.17, 15) is 35.9 Å².